The van der Waals surface area contributed by atoms with Crippen LogP contribution in [0.15, 0.2) is 35.4 Å². The van der Waals surface area contributed by atoms with Gasteiger partial charge in [-0.05, 0) is 12.1 Å². The lowest BCUT2D eigenvalue weighted by atomic mass is 10.0. The molecule has 0 aliphatic heterocycles. The average Bonchev–Trinajstić information content (AvgIpc) is 3.07. The molecule has 24 heavy (non-hydrogen) atoms. The van der Waals surface area contributed by atoms with Crippen molar-refractivity contribution in [2.75, 3.05) is 7.11 Å². The third kappa shape index (κ3) is 2.90. The summed E-state index contributed by atoms with van der Waals surface area (Å²) in [7, 11) is 1.42. The van der Waals surface area contributed by atoms with Crippen molar-refractivity contribution in [1.29, 1.82) is 0 Å². The Hall–Kier alpha value is -2.68. The second-order valence-electron chi connectivity index (χ2n) is 4.70. The standard InChI is InChI=1S/C15H10F3N3O2S/c1-23-8-2-3-9(11(22)4-8)13-12(10-5-24-7-21-10)14(15(16,17)18)20-6-19-13/h2-7,22H,1H3. The number of ether oxygens (including phenoxy) is 1. The summed E-state index contributed by atoms with van der Waals surface area (Å²) in [6.07, 6.45) is -3.86. The van der Waals surface area contributed by atoms with Crippen LogP contribution in [0.25, 0.3) is 22.5 Å². The molecule has 124 valence electrons. The zero-order chi connectivity index (χ0) is 17.3. The highest BCUT2D eigenvalue weighted by molar-refractivity contribution is 7.07. The lowest BCUT2D eigenvalue weighted by Crippen LogP contribution is -2.12. The summed E-state index contributed by atoms with van der Waals surface area (Å²) >= 11 is 1.15. The Morgan fingerprint density at radius 2 is 1.96 bits per heavy atom. The highest BCUT2D eigenvalue weighted by atomic mass is 32.1. The van der Waals surface area contributed by atoms with Gasteiger partial charge in [0.15, 0.2) is 5.69 Å². The van der Waals surface area contributed by atoms with Crippen molar-refractivity contribution in [2.45, 2.75) is 6.18 Å². The Balaban J connectivity index is 2.29. The Kier molecular flexibility index (Phi) is 4.10. The van der Waals surface area contributed by atoms with Gasteiger partial charge >= 0.3 is 6.18 Å². The van der Waals surface area contributed by atoms with E-state index in [-0.39, 0.29) is 28.3 Å². The maximum Gasteiger partial charge on any atom is 0.434 e. The largest absolute Gasteiger partial charge is 0.507 e. The van der Waals surface area contributed by atoms with E-state index in [0.717, 1.165) is 17.7 Å². The van der Waals surface area contributed by atoms with Crippen molar-refractivity contribution in [3.8, 4) is 34.0 Å². The van der Waals surface area contributed by atoms with E-state index in [0.29, 0.717) is 5.75 Å². The minimum Gasteiger partial charge on any atom is -0.507 e. The molecule has 5 nitrogen and oxygen atoms in total. The lowest BCUT2D eigenvalue weighted by molar-refractivity contribution is -0.140. The predicted molar refractivity (Wildman–Crippen MR) is 81.8 cm³/mol. The van der Waals surface area contributed by atoms with Gasteiger partial charge in [0.2, 0.25) is 0 Å². The molecule has 0 aliphatic rings. The molecule has 0 aliphatic carbocycles. The minimum atomic E-state index is -4.68. The van der Waals surface area contributed by atoms with E-state index in [4.69, 9.17) is 4.74 Å². The molecule has 1 aromatic carbocycles. The molecule has 3 aromatic rings. The summed E-state index contributed by atoms with van der Waals surface area (Å²) in [4.78, 5) is 11.3. The number of aromatic hydroxyl groups is 1. The molecule has 1 N–H and O–H groups in total. The quantitative estimate of drug-likeness (QED) is 0.771. The molecule has 9 heteroatoms. The first-order valence-corrected chi connectivity index (χ1v) is 7.54. The fourth-order valence-electron chi connectivity index (χ4n) is 2.22. The fraction of sp³-hybridized carbons (Fsp3) is 0.133. The van der Waals surface area contributed by atoms with E-state index in [1.54, 1.807) is 0 Å². The first-order chi connectivity index (χ1) is 11.4. The number of aromatic nitrogens is 3. The van der Waals surface area contributed by atoms with Gasteiger partial charge in [-0.25, -0.2) is 15.0 Å². The molecule has 0 saturated heterocycles. The molecule has 0 unspecified atom stereocenters. The normalized spacial score (nSPS) is 11.5. The molecule has 0 amide bonds. The second kappa shape index (κ2) is 6.08. The van der Waals surface area contributed by atoms with Crippen LogP contribution < -0.4 is 4.74 Å². The number of nitrogens with zero attached hydrogens (tertiary/aromatic N) is 3. The Morgan fingerprint density at radius 3 is 2.54 bits per heavy atom. The number of hydrogen-bond donors (Lipinski definition) is 1. The van der Waals surface area contributed by atoms with Crippen molar-refractivity contribution in [3.63, 3.8) is 0 Å². The van der Waals surface area contributed by atoms with Crippen molar-refractivity contribution in [3.05, 3.63) is 41.1 Å². The van der Waals surface area contributed by atoms with Crippen LogP contribution in [0.3, 0.4) is 0 Å². The predicted octanol–water partition coefficient (Wildman–Crippen LogP) is 4.00. The SMILES string of the molecule is COc1ccc(-c2ncnc(C(F)(F)F)c2-c2cscn2)c(O)c1. The summed E-state index contributed by atoms with van der Waals surface area (Å²) in [5, 5.41) is 11.6. The second-order valence-corrected chi connectivity index (χ2v) is 5.42. The van der Waals surface area contributed by atoms with Crippen LogP contribution in [0.5, 0.6) is 11.5 Å². The van der Waals surface area contributed by atoms with E-state index < -0.39 is 11.9 Å². The van der Waals surface area contributed by atoms with Crippen LogP contribution in [0.2, 0.25) is 0 Å². The van der Waals surface area contributed by atoms with Crippen molar-refractivity contribution < 1.29 is 23.0 Å². The first kappa shape index (κ1) is 16.2. The number of phenols is 1. The molecule has 0 spiro atoms. The van der Waals surface area contributed by atoms with Gasteiger partial charge in [-0.1, -0.05) is 0 Å². The van der Waals surface area contributed by atoms with Crippen molar-refractivity contribution in [1.82, 2.24) is 15.0 Å². The Morgan fingerprint density at radius 1 is 1.17 bits per heavy atom. The minimum absolute atomic E-state index is 0.0524. The summed E-state index contributed by atoms with van der Waals surface area (Å²) in [5.41, 5.74) is 0.216. The Bertz CT molecular complexity index is 867. The van der Waals surface area contributed by atoms with E-state index in [1.807, 2.05) is 0 Å². The van der Waals surface area contributed by atoms with Crippen LogP contribution >= 0.6 is 11.3 Å². The van der Waals surface area contributed by atoms with Gasteiger partial charge in [0.25, 0.3) is 0 Å². The Labute approximate surface area is 138 Å². The molecular weight excluding hydrogens is 343 g/mol. The number of halogens is 3. The third-order valence-electron chi connectivity index (χ3n) is 3.26. The van der Waals surface area contributed by atoms with Crippen LogP contribution in [0.1, 0.15) is 5.69 Å². The highest BCUT2D eigenvalue weighted by Crippen LogP contribution is 2.42. The summed E-state index contributed by atoms with van der Waals surface area (Å²) in [6, 6.07) is 4.26. The van der Waals surface area contributed by atoms with Crippen LogP contribution in [0, 0.1) is 0 Å². The van der Waals surface area contributed by atoms with Gasteiger partial charge in [0, 0.05) is 17.0 Å². The maximum absolute atomic E-state index is 13.4. The zero-order valence-electron chi connectivity index (χ0n) is 12.2. The van der Waals surface area contributed by atoms with E-state index in [2.05, 4.69) is 15.0 Å². The molecule has 2 heterocycles. The summed E-state index contributed by atoms with van der Waals surface area (Å²) in [6.45, 7) is 0. The van der Waals surface area contributed by atoms with Gasteiger partial charge in [0.1, 0.15) is 17.8 Å². The number of hydrogen-bond acceptors (Lipinski definition) is 6. The molecule has 0 fully saturated rings. The molecule has 0 saturated carbocycles. The molecule has 0 atom stereocenters. The topological polar surface area (TPSA) is 68.1 Å². The third-order valence-corrected chi connectivity index (χ3v) is 3.85. The molecule has 2 aromatic heterocycles. The first-order valence-electron chi connectivity index (χ1n) is 6.60. The number of phenolic OH excluding ortho intramolecular Hbond substituents is 1. The number of methoxy groups -OCH3 is 1. The van der Waals surface area contributed by atoms with Gasteiger partial charge in [0.05, 0.1) is 29.6 Å². The van der Waals surface area contributed by atoms with Gasteiger partial charge in [-0.15, -0.1) is 11.3 Å². The number of thiazole rings is 1. The highest BCUT2D eigenvalue weighted by Gasteiger charge is 2.38. The van der Waals surface area contributed by atoms with E-state index in [9.17, 15) is 18.3 Å². The summed E-state index contributed by atoms with van der Waals surface area (Å²) in [5.74, 6) is 0.120. The lowest BCUT2D eigenvalue weighted by Gasteiger charge is -2.15. The van der Waals surface area contributed by atoms with Crippen molar-refractivity contribution >= 4 is 11.3 Å². The van der Waals surface area contributed by atoms with Gasteiger partial charge in [-0.2, -0.15) is 13.2 Å². The smallest absolute Gasteiger partial charge is 0.434 e. The molecule has 3 rings (SSSR count). The average molecular weight is 353 g/mol. The number of alkyl halides is 3. The zero-order valence-corrected chi connectivity index (χ0v) is 13.0. The fourth-order valence-corrected chi connectivity index (χ4v) is 2.76. The molecule has 0 radical (unpaired) electrons. The number of rotatable bonds is 3. The summed E-state index contributed by atoms with van der Waals surface area (Å²) < 4.78 is 45.1. The molecular formula is C15H10F3N3O2S. The number of benzene rings is 1. The van der Waals surface area contributed by atoms with E-state index in [1.165, 1.54) is 36.2 Å². The van der Waals surface area contributed by atoms with E-state index >= 15 is 0 Å². The van der Waals surface area contributed by atoms with Gasteiger partial charge in [-0.3, -0.25) is 0 Å². The molecule has 0 bridgehead atoms. The van der Waals surface area contributed by atoms with Crippen molar-refractivity contribution in [2.24, 2.45) is 0 Å². The van der Waals surface area contributed by atoms with Gasteiger partial charge < -0.3 is 9.84 Å². The maximum atomic E-state index is 13.4. The van der Waals surface area contributed by atoms with Crippen LogP contribution in [-0.2, 0) is 6.18 Å². The van der Waals surface area contributed by atoms with Crippen LogP contribution in [-0.4, -0.2) is 27.2 Å². The monoisotopic (exact) mass is 353 g/mol. The van der Waals surface area contributed by atoms with Crippen LogP contribution in [0.4, 0.5) is 13.2 Å².